The van der Waals surface area contributed by atoms with Gasteiger partial charge in [0.2, 0.25) is 0 Å². The van der Waals surface area contributed by atoms with Crippen LogP contribution in [0.3, 0.4) is 0 Å². The van der Waals surface area contributed by atoms with Crippen LogP contribution < -0.4 is 28.4 Å². The van der Waals surface area contributed by atoms with Gasteiger partial charge in [-0.05, 0) is 99.8 Å². The van der Waals surface area contributed by atoms with Gasteiger partial charge in [0.1, 0.15) is 11.5 Å². The van der Waals surface area contributed by atoms with Gasteiger partial charge in [-0.3, -0.25) is 0 Å². The summed E-state index contributed by atoms with van der Waals surface area (Å²) in [6.45, 7) is 21.8. The normalized spacial score (nSPS) is 10.5. The summed E-state index contributed by atoms with van der Waals surface area (Å²) in [5.41, 5.74) is 2.54. The lowest BCUT2D eigenvalue weighted by atomic mass is 10.0. The quantitative estimate of drug-likeness (QED) is 0.0684. The van der Waals surface area contributed by atoms with Gasteiger partial charge in [0.05, 0.1) is 5.56 Å². The molecule has 0 unspecified atom stereocenters. The van der Waals surface area contributed by atoms with Gasteiger partial charge < -0.3 is 28.4 Å². The minimum absolute atomic E-state index is 0.00362. The molecule has 0 aromatic heterocycles. The van der Waals surface area contributed by atoms with Crippen LogP contribution in [-0.4, -0.2) is 35.8 Å². The van der Waals surface area contributed by atoms with E-state index in [1.54, 1.807) is 31.2 Å². The third-order valence-corrected chi connectivity index (χ3v) is 7.53. The number of allylic oxidation sites excluding steroid dienone is 1. The monoisotopic (exact) mass is 770 g/mol. The summed E-state index contributed by atoms with van der Waals surface area (Å²) in [5.74, 6) is -4.62. The average Bonchev–Trinajstić information content (AvgIpc) is 3.16. The van der Waals surface area contributed by atoms with Crippen molar-refractivity contribution >= 4 is 35.8 Å². The van der Waals surface area contributed by atoms with E-state index in [0.717, 1.165) is 0 Å². The second-order valence-corrected chi connectivity index (χ2v) is 12.5. The molecular formula is C45H38O12. The number of hydrogen-bond donors (Lipinski definition) is 0. The van der Waals surface area contributed by atoms with Crippen LogP contribution in [0.2, 0.25) is 0 Å². The van der Waals surface area contributed by atoms with Crippen molar-refractivity contribution in [2.75, 3.05) is 0 Å². The van der Waals surface area contributed by atoms with Gasteiger partial charge in [-0.15, -0.1) is 0 Å². The molecule has 4 rings (SSSR count). The van der Waals surface area contributed by atoms with E-state index in [9.17, 15) is 28.8 Å². The van der Waals surface area contributed by atoms with Crippen LogP contribution in [0.5, 0.6) is 34.5 Å². The largest absolute Gasteiger partial charge is 0.423 e. The maximum absolute atomic E-state index is 13.3. The van der Waals surface area contributed by atoms with Crippen molar-refractivity contribution in [2.45, 2.75) is 34.6 Å². The number of hydrogen-bond acceptors (Lipinski definition) is 12. The lowest BCUT2D eigenvalue weighted by Gasteiger charge is -2.15. The van der Waals surface area contributed by atoms with E-state index in [0.29, 0.717) is 22.3 Å². The topological polar surface area (TPSA) is 158 Å². The van der Waals surface area contributed by atoms with Gasteiger partial charge in [0, 0.05) is 40.0 Å². The summed E-state index contributed by atoms with van der Waals surface area (Å²) in [6.07, 6.45) is 2.68. The van der Waals surface area contributed by atoms with Crippen molar-refractivity contribution in [2.24, 2.45) is 0 Å². The summed E-state index contributed by atoms with van der Waals surface area (Å²) in [7, 11) is 0. The highest BCUT2D eigenvalue weighted by atomic mass is 16.6. The van der Waals surface area contributed by atoms with Gasteiger partial charge in [0.25, 0.3) is 0 Å². The van der Waals surface area contributed by atoms with Crippen LogP contribution in [0.25, 0.3) is 22.3 Å². The lowest BCUT2D eigenvalue weighted by molar-refractivity contribution is -0.132. The molecule has 0 heterocycles. The summed E-state index contributed by atoms with van der Waals surface area (Å²) < 4.78 is 32.8. The number of carbonyl (C=O) groups is 6. The van der Waals surface area contributed by atoms with E-state index >= 15 is 0 Å². The molecule has 0 radical (unpaired) electrons. The van der Waals surface area contributed by atoms with Crippen LogP contribution in [0.1, 0.15) is 45.0 Å². The Morgan fingerprint density at radius 1 is 0.456 bits per heavy atom. The molecule has 0 aliphatic rings. The molecule has 0 bridgehead atoms. The van der Waals surface area contributed by atoms with Crippen LogP contribution in [0.15, 0.2) is 140 Å². The van der Waals surface area contributed by atoms with Crippen molar-refractivity contribution in [1.82, 2.24) is 0 Å². The Morgan fingerprint density at radius 3 is 1.37 bits per heavy atom. The standard InChI is InChI=1S/C45H38O12/c1-10-11-40(46)53-37-24-33(18-19-34(37)32-17-21-36(55-42(48)26(4)5)39(23-32)57-44(50)28(8)9)52-45(51)30-14-12-29(13-15-30)31-16-20-35(54-41(47)25(2)3)38(22-31)56-43(49)27(6)7/h10-24H,2,4,6,8H2,1,3,5,7,9H3/b11-10+. The predicted octanol–water partition coefficient (Wildman–Crippen LogP) is 8.65. The number of rotatable bonds is 14. The highest BCUT2D eigenvalue weighted by Crippen LogP contribution is 2.39. The molecule has 12 heteroatoms. The van der Waals surface area contributed by atoms with Crippen molar-refractivity contribution in [3.8, 4) is 56.8 Å². The Labute approximate surface area is 328 Å². The molecule has 0 aliphatic carbocycles. The molecule has 0 N–H and O–H groups in total. The van der Waals surface area contributed by atoms with E-state index in [2.05, 4.69) is 26.3 Å². The van der Waals surface area contributed by atoms with Crippen molar-refractivity contribution < 1.29 is 57.2 Å². The number of ether oxygens (including phenoxy) is 6. The highest BCUT2D eigenvalue weighted by Gasteiger charge is 2.21. The van der Waals surface area contributed by atoms with Gasteiger partial charge in [0.15, 0.2) is 23.0 Å². The molecule has 4 aromatic rings. The predicted molar refractivity (Wildman–Crippen MR) is 211 cm³/mol. The Balaban J connectivity index is 1.64. The van der Waals surface area contributed by atoms with E-state index in [4.69, 9.17) is 28.4 Å². The summed E-state index contributed by atoms with van der Waals surface area (Å²) >= 11 is 0. The summed E-state index contributed by atoms with van der Waals surface area (Å²) in [6, 6.07) is 19.6. The zero-order valence-corrected chi connectivity index (χ0v) is 31.9. The average molecular weight is 771 g/mol. The molecule has 57 heavy (non-hydrogen) atoms. The van der Waals surface area contributed by atoms with E-state index in [1.165, 1.54) is 94.4 Å². The maximum atomic E-state index is 13.3. The summed E-state index contributed by atoms with van der Waals surface area (Å²) in [5, 5.41) is 0. The first-order chi connectivity index (χ1) is 27.0. The smallest absolute Gasteiger partial charge is 0.343 e. The molecule has 0 fully saturated rings. The fraction of sp³-hybridized carbons (Fsp3) is 0.111. The molecule has 0 amide bonds. The molecule has 4 aromatic carbocycles. The van der Waals surface area contributed by atoms with Crippen LogP contribution >= 0.6 is 0 Å². The van der Waals surface area contributed by atoms with Crippen molar-refractivity contribution in [3.05, 3.63) is 145 Å². The first kappa shape index (κ1) is 42.1. The number of carbonyl (C=O) groups excluding carboxylic acids is 6. The van der Waals surface area contributed by atoms with E-state index < -0.39 is 35.8 Å². The number of benzene rings is 4. The van der Waals surface area contributed by atoms with Gasteiger partial charge in [-0.25, -0.2) is 28.8 Å². The Hall–Kier alpha value is -7.60. The zero-order valence-electron chi connectivity index (χ0n) is 31.9. The van der Waals surface area contributed by atoms with Crippen molar-refractivity contribution in [1.29, 1.82) is 0 Å². The second kappa shape index (κ2) is 18.6. The summed E-state index contributed by atoms with van der Waals surface area (Å²) in [4.78, 5) is 75.2. The first-order valence-electron chi connectivity index (χ1n) is 17.1. The van der Waals surface area contributed by atoms with Gasteiger partial charge in [-0.2, -0.15) is 0 Å². The van der Waals surface area contributed by atoms with E-state index in [1.807, 2.05) is 0 Å². The second-order valence-electron chi connectivity index (χ2n) is 12.5. The molecule has 0 atom stereocenters. The lowest BCUT2D eigenvalue weighted by Crippen LogP contribution is -2.13. The molecular weight excluding hydrogens is 732 g/mol. The third kappa shape index (κ3) is 11.2. The Bertz CT molecular complexity index is 2380. The fourth-order valence-electron chi connectivity index (χ4n) is 4.57. The van der Waals surface area contributed by atoms with Gasteiger partial charge in [-0.1, -0.05) is 56.7 Å². The maximum Gasteiger partial charge on any atom is 0.343 e. The molecule has 290 valence electrons. The van der Waals surface area contributed by atoms with Crippen molar-refractivity contribution in [3.63, 3.8) is 0 Å². The number of esters is 6. The Kier molecular flexibility index (Phi) is 13.8. The van der Waals surface area contributed by atoms with Crippen LogP contribution in [0, 0.1) is 0 Å². The molecule has 0 spiro atoms. The molecule has 12 nitrogen and oxygen atoms in total. The van der Waals surface area contributed by atoms with Gasteiger partial charge >= 0.3 is 35.8 Å². The SMILES string of the molecule is C=C(C)C(=O)Oc1ccc(-c2ccc(C(=O)Oc3ccc(-c4ccc(OC(=O)C(=C)C)c(OC(=O)C(=C)C)c4)c(OC(=O)/C=C/C)c3)cc2)cc1OC(=O)C(=C)C. The third-order valence-electron chi connectivity index (χ3n) is 7.53. The van der Waals surface area contributed by atoms with Crippen LogP contribution in [0.4, 0.5) is 0 Å². The highest BCUT2D eigenvalue weighted by molar-refractivity contribution is 5.94. The minimum Gasteiger partial charge on any atom is -0.423 e. The van der Waals surface area contributed by atoms with E-state index in [-0.39, 0.29) is 62.4 Å². The molecule has 0 aliphatic heterocycles. The minimum atomic E-state index is -0.775. The zero-order chi connectivity index (χ0) is 42.0. The molecule has 0 saturated carbocycles. The Morgan fingerprint density at radius 2 is 0.895 bits per heavy atom. The fourth-order valence-corrected chi connectivity index (χ4v) is 4.57. The first-order valence-corrected chi connectivity index (χ1v) is 17.1. The molecule has 0 saturated heterocycles. The van der Waals surface area contributed by atoms with Crippen LogP contribution in [-0.2, 0) is 24.0 Å².